The van der Waals surface area contributed by atoms with Gasteiger partial charge < -0.3 is 4.74 Å². The molecular formula is C5H7N3O2. The van der Waals surface area contributed by atoms with E-state index in [1.165, 1.54) is 0 Å². The second kappa shape index (κ2) is 2.58. The Morgan fingerprint density at radius 3 is 3.00 bits per heavy atom. The minimum atomic E-state index is -0.597. The molecule has 54 valence electrons. The highest BCUT2D eigenvalue weighted by molar-refractivity contribution is 5.78. The molecule has 0 spiro atoms. The molecule has 0 N–H and O–H groups in total. The zero-order valence-electron chi connectivity index (χ0n) is 5.52. The van der Waals surface area contributed by atoms with Crippen molar-refractivity contribution in [3.8, 4) is 0 Å². The van der Waals surface area contributed by atoms with Crippen LogP contribution >= 0.6 is 0 Å². The maximum absolute atomic E-state index is 10.7. The molecule has 1 heterocycles. The van der Waals surface area contributed by atoms with Crippen LogP contribution in [0.25, 0.3) is 10.4 Å². The first-order chi connectivity index (χ1) is 4.74. The van der Waals surface area contributed by atoms with Crippen LogP contribution in [0.4, 0.5) is 0 Å². The second-order valence-corrected chi connectivity index (χ2v) is 2.20. The molecule has 0 aromatic carbocycles. The number of carbonyl (C=O) groups is 1. The Labute approximate surface area is 57.6 Å². The summed E-state index contributed by atoms with van der Waals surface area (Å²) in [5.74, 6) is -0.412. The summed E-state index contributed by atoms with van der Waals surface area (Å²) in [6, 6.07) is -0.597. The molecule has 1 fully saturated rings. The fourth-order valence-corrected chi connectivity index (χ4v) is 0.892. The molecule has 0 aromatic heterocycles. The van der Waals surface area contributed by atoms with Crippen LogP contribution in [0.3, 0.4) is 0 Å². The Morgan fingerprint density at radius 2 is 2.60 bits per heavy atom. The Morgan fingerprint density at radius 1 is 1.90 bits per heavy atom. The minimum Gasteiger partial charge on any atom is -0.462 e. The van der Waals surface area contributed by atoms with Crippen molar-refractivity contribution in [3.63, 3.8) is 0 Å². The van der Waals surface area contributed by atoms with Gasteiger partial charge in [-0.05, 0) is 12.5 Å². The van der Waals surface area contributed by atoms with Gasteiger partial charge in [0.15, 0.2) is 0 Å². The number of carbonyl (C=O) groups excluding carboxylic acids is 1. The quantitative estimate of drug-likeness (QED) is 0.236. The molecule has 10 heavy (non-hydrogen) atoms. The molecule has 1 rings (SSSR count). The van der Waals surface area contributed by atoms with Crippen molar-refractivity contribution in [2.75, 3.05) is 0 Å². The van der Waals surface area contributed by atoms with Gasteiger partial charge in [-0.25, -0.2) is 0 Å². The topological polar surface area (TPSA) is 75.1 Å². The van der Waals surface area contributed by atoms with Gasteiger partial charge in [-0.2, -0.15) is 0 Å². The van der Waals surface area contributed by atoms with Crippen molar-refractivity contribution in [1.82, 2.24) is 0 Å². The van der Waals surface area contributed by atoms with Crippen LogP contribution in [-0.4, -0.2) is 18.1 Å². The average molecular weight is 141 g/mol. The molecule has 5 nitrogen and oxygen atoms in total. The Kier molecular flexibility index (Phi) is 1.78. The lowest BCUT2D eigenvalue weighted by atomic mass is 10.2. The monoisotopic (exact) mass is 141 g/mol. The molecule has 0 radical (unpaired) electrons. The number of nitrogens with zero attached hydrogens (tertiary/aromatic N) is 3. The smallest absolute Gasteiger partial charge is 0.315 e. The standard InChI is InChI=1S/C5H7N3O2/c1-3-2-4(7-8-6)5(9)10-3/h3-4H,2H2,1H3. The first kappa shape index (κ1) is 6.89. The van der Waals surface area contributed by atoms with E-state index in [9.17, 15) is 4.79 Å². The normalized spacial score (nSPS) is 31.1. The van der Waals surface area contributed by atoms with Gasteiger partial charge in [0, 0.05) is 11.3 Å². The first-order valence-electron chi connectivity index (χ1n) is 2.98. The molecule has 1 saturated heterocycles. The lowest BCUT2D eigenvalue weighted by Gasteiger charge is -1.95. The zero-order valence-corrected chi connectivity index (χ0v) is 5.52. The number of azide groups is 1. The molecule has 1 aliphatic rings. The SMILES string of the molecule is CC1CC(N=[N+]=[N-])C(=O)O1. The molecule has 0 amide bonds. The summed E-state index contributed by atoms with van der Waals surface area (Å²) in [6.45, 7) is 1.77. The van der Waals surface area contributed by atoms with Gasteiger partial charge >= 0.3 is 5.97 Å². The molecule has 2 atom stereocenters. The molecule has 5 heteroatoms. The summed E-state index contributed by atoms with van der Waals surface area (Å²) in [4.78, 5) is 13.2. The minimum absolute atomic E-state index is 0.108. The number of cyclic esters (lactones) is 1. The molecule has 2 unspecified atom stereocenters. The van der Waals surface area contributed by atoms with Gasteiger partial charge in [-0.3, -0.25) is 4.79 Å². The van der Waals surface area contributed by atoms with E-state index in [-0.39, 0.29) is 6.10 Å². The van der Waals surface area contributed by atoms with Gasteiger partial charge in [0.1, 0.15) is 6.04 Å². The Hall–Kier alpha value is -1.22. The Bertz CT molecular complexity index is 197. The highest BCUT2D eigenvalue weighted by Crippen LogP contribution is 2.16. The number of rotatable bonds is 1. The van der Waals surface area contributed by atoms with Crippen LogP contribution in [0.1, 0.15) is 13.3 Å². The number of hydrogen-bond acceptors (Lipinski definition) is 3. The van der Waals surface area contributed by atoms with Crippen LogP contribution < -0.4 is 0 Å². The molecular weight excluding hydrogens is 134 g/mol. The fraction of sp³-hybridized carbons (Fsp3) is 0.800. The van der Waals surface area contributed by atoms with Crippen molar-refractivity contribution in [1.29, 1.82) is 0 Å². The maximum Gasteiger partial charge on any atom is 0.315 e. The first-order valence-corrected chi connectivity index (χ1v) is 2.98. The van der Waals surface area contributed by atoms with Crippen LogP contribution in [0.2, 0.25) is 0 Å². The lowest BCUT2D eigenvalue weighted by molar-refractivity contribution is -0.141. The maximum atomic E-state index is 10.7. The third-order valence-corrected chi connectivity index (χ3v) is 1.34. The van der Waals surface area contributed by atoms with E-state index in [1.807, 2.05) is 0 Å². The Balaban J connectivity index is 2.63. The van der Waals surface area contributed by atoms with E-state index in [4.69, 9.17) is 10.3 Å². The summed E-state index contributed by atoms with van der Waals surface area (Å²) in [6.07, 6.45) is 0.395. The number of hydrogen-bond donors (Lipinski definition) is 0. The summed E-state index contributed by atoms with van der Waals surface area (Å²) in [5, 5.41) is 3.26. The van der Waals surface area contributed by atoms with E-state index in [0.29, 0.717) is 6.42 Å². The van der Waals surface area contributed by atoms with Crippen molar-refractivity contribution >= 4 is 5.97 Å². The largest absolute Gasteiger partial charge is 0.462 e. The summed E-state index contributed by atoms with van der Waals surface area (Å²) in [5.41, 5.74) is 7.98. The van der Waals surface area contributed by atoms with Crippen LogP contribution in [0.15, 0.2) is 5.11 Å². The third kappa shape index (κ3) is 1.19. The zero-order chi connectivity index (χ0) is 7.56. The van der Waals surface area contributed by atoms with Crippen molar-refractivity contribution in [2.45, 2.75) is 25.5 Å². The van der Waals surface area contributed by atoms with E-state index < -0.39 is 12.0 Å². The predicted octanol–water partition coefficient (Wildman–Crippen LogP) is 1.00. The number of ether oxygens (including phenoxy) is 1. The van der Waals surface area contributed by atoms with Crippen LogP contribution in [-0.2, 0) is 9.53 Å². The fourth-order valence-electron chi connectivity index (χ4n) is 0.892. The highest BCUT2D eigenvalue weighted by Gasteiger charge is 2.30. The van der Waals surface area contributed by atoms with Crippen molar-refractivity contribution in [3.05, 3.63) is 10.4 Å². The molecule has 0 aliphatic carbocycles. The van der Waals surface area contributed by atoms with Gasteiger partial charge in [-0.15, -0.1) is 0 Å². The van der Waals surface area contributed by atoms with E-state index >= 15 is 0 Å². The van der Waals surface area contributed by atoms with E-state index in [1.54, 1.807) is 6.92 Å². The van der Waals surface area contributed by atoms with Crippen LogP contribution in [0.5, 0.6) is 0 Å². The van der Waals surface area contributed by atoms with Gasteiger partial charge in [0.25, 0.3) is 0 Å². The van der Waals surface area contributed by atoms with E-state index in [0.717, 1.165) is 0 Å². The average Bonchev–Trinajstić information content (AvgIpc) is 2.13. The van der Waals surface area contributed by atoms with Crippen LogP contribution in [0, 0.1) is 0 Å². The predicted molar refractivity (Wildman–Crippen MR) is 33.1 cm³/mol. The van der Waals surface area contributed by atoms with Gasteiger partial charge in [0.05, 0.1) is 6.10 Å². The van der Waals surface area contributed by atoms with Gasteiger partial charge in [0.2, 0.25) is 0 Å². The second-order valence-electron chi connectivity index (χ2n) is 2.20. The molecule has 1 aliphatic heterocycles. The summed E-state index contributed by atoms with van der Waals surface area (Å²) >= 11 is 0. The third-order valence-electron chi connectivity index (χ3n) is 1.34. The van der Waals surface area contributed by atoms with Crippen molar-refractivity contribution in [2.24, 2.45) is 5.11 Å². The summed E-state index contributed by atoms with van der Waals surface area (Å²) < 4.78 is 4.72. The molecule has 0 saturated carbocycles. The molecule has 0 bridgehead atoms. The number of esters is 1. The molecule has 0 aromatic rings. The highest BCUT2D eigenvalue weighted by atomic mass is 16.6. The summed E-state index contributed by atoms with van der Waals surface area (Å²) in [7, 11) is 0. The lowest BCUT2D eigenvalue weighted by Crippen LogP contribution is -2.09. The van der Waals surface area contributed by atoms with Gasteiger partial charge in [-0.1, -0.05) is 5.11 Å². The van der Waals surface area contributed by atoms with E-state index in [2.05, 4.69) is 10.0 Å². The van der Waals surface area contributed by atoms with Crippen molar-refractivity contribution < 1.29 is 9.53 Å².